The van der Waals surface area contributed by atoms with Crippen LogP contribution in [0.25, 0.3) is 0 Å². The molecule has 4 rings (SSSR count). The van der Waals surface area contributed by atoms with Crippen molar-refractivity contribution >= 4 is 21.6 Å². The molecule has 0 saturated heterocycles. The summed E-state index contributed by atoms with van der Waals surface area (Å²) in [4.78, 5) is 13.1. The van der Waals surface area contributed by atoms with Crippen LogP contribution in [0.1, 0.15) is 28.8 Å². The molecule has 1 fully saturated rings. The van der Waals surface area contributed by atoms with Gasteiger partial charge < -0.3 is 19.5 Å². The van der Waals surface area contributed by atoms with Crippen LogP contribution >= 0.6 is 0 Å². The molecule has 34 heavy (non-hydrogen) atoms. The largest absolute Gasteiger partial charge is 0.493 e. The van der Waals surface area contributed by atoms with Crippen LogP contribution in [-0.2, 0) is 16.6 Å². The number of amides is 1. The molecule has 0 atom stereocenters. The average molecular weight is 483 g/mol. The van der Waals surface area contributed by atoms with Crippen molar-refractivity contribution in [3.63, 3.8) is 0 Å². The second kappa shape index (κ2) is 10.1. The van der Waals surface area contributed by atoms with Crippen LogP contribution in [0.4, 0.5) is 5.69 Å². The first-order valence-corrected chi connectivity index (χ1v) is 12.2. The van der Waals surface area contributed by atoms with Crippen molar-refractivity contribution in [2.75, 3.05) is 19.5 Å². The summed E-state index contributed by atoms with van der Waals surface area (Å²) >= 11 is 0. The van der Waals surface area contributed by atoms with Crippen LogP contribution in [0.2, 0.25) is 0 Å². The van der Waals surface area contributed by atoms with Crippen LogP contribution in [0, 0.1) is 0 Å². The second-order valence-corrected chi connectivity index (χ2v) is 9.58. The van der Waals surface area contributed by atoms with Crippen molar-refractivity contribution in [2.24, 2.45) is 0 Å². The Hall–Kier alpha value is -3.56. The van der Waals surface area contributed by atoms with E-state index in [9.17, 15) is 13.2 Å². The van der Waals surface area contributed by atoms with Crippen LogP contribution in [0.3, 0.4) is 0 Å². The summed E-state index contributed by atoms with van der Waals surface area (Å²) in [7, 11) is -0.676. The molecule has 0 bridgehead atoms. The van der Waals surface area contributed by atoms with Gasteiger partial charge in [-0.1, -0.05) is 36.4 Å². The van der Waals surface area contributed by atoms with E-state index in [1.807, 2.05) is 30.3 Å². The normalized spacial score (nSPS) is 13.2. The molecule has 0 heterocycles. The maximum atomic E-state index is 13.0. The molecule has 2 N–H and O–H groups in total. The summed E-state index contributed by atoms with van der Waals surface area (Å²) in [6.45, 7) is 0.301. The molecule has 1 aliphatic rings. The molecule has 1 saturated carbocycles. The van der Waals surface area contributed by atoms with Gasteiger partial charge in [0.15, 0.2) is 11.5 Å². The Morgan fingerprint density at radius 1 is 0.941 bits per heavy atom. The number of sulfonamides is 1. The highest BCUT2D eigenvalue weighted by molar-refractivity contribution is 7.89. The lowest BCUT2D eigenvalue weighted by molar-refractivity contribution is 0.102. The molecule has 0 spiro atoms. The second-order valence-electron chi connectivity index (χ2n) is 7.86. The van der Waals surface area contributed by atoms with E-state index in [4.69, 9.17) is 14.2 Å². The topological polar surface area (TPSA) is 103 Å². The van der Waals surface area contributed by atoms with Gasteiger partial charge in [-0.05, 0) is 48.7 Å². The van der Waals surface area contributed by atoms with E-state index in [1.165, 1.54) is 26.4 Å². The molecule has 8 nitrogen and oxygen atoms in total. The number of hydrogen-bond donors (Lipinski definition) is 2. The van der Waals surface area contributed by atoms with Gasteiger partial charge in [-0.15, -0.1) is 0 Å². The summed E-state index contributed by atoms with van der Waals surface area (Å²) in [5, 5.41) is 2.74. The van der Waals surface area contributed by atoms with Crippen molar-refractivity contribution in [1.82, 2.24) is 4.72 Å². The minimum Gasteiger partial charge on any atom is -0.493 e. The van der Waals surface area contributed by atoms with E-state index < -0.39 is 15.9 Å². The minimum absolute atomic E-state index is 0.00852. The lowest BCUT2D eigenvalue weighted by Gasteiger charge is -2.16. The molecule has 0 aliphatic heterocycles. The first-order chi connectivity index (χ1) is 16.4. The molecule has 178 valence electrons. The molecule has 0 aromatic heterocycles. The number of benzene rings is 3. The number of nitrogens with one attached hydrogen (secondary N) is 2. The molecule has 1 amide bonds. The molecular weight excluding hydrogens is 456 g/mol. The summed E-state index contributed by atoms with van der Waals surface area (Å²) in [5.41, 5.74) is 1.59. The van der Waals surface area contributed by atoms with Gasteiger partial charge in [-0.2, -0.15) is 0 Å². The zero-order valence-corrected chi connectivity index (χ0v) is 19.7. The first kappa shape index (κ1) is 23.6. The van der Waals surface area contributed by atoms with Gasteiger partial charge in [-0.3, -0.25) is 4.79 Å². The highest BCUT2D eigenvalue weighted by atomic mass is 32.2. The number of rotatable bonds is 10. The van der Waals surface area contributed by atoms with E-state index in [0.717, 1.165) is 18.4 Å². The first-order valence-electron chi connectivity index (χ1n) is 10.8. The number of hydrogen-bond acceptors (Lipinski definition) is 6. The molecule has 1 aliphatic carbocycles. The van der Waals surface area contributed by atoms with Gasteiger partial charge in [0.05, 0.1) is 19.1 Å². The lowest BCUT2D eigenvalue weighted by Crippen LogP contribution is -2.25. The molecule has 9 heteroatoms. The Kier molecular flexibility index (Phi) is 7.04. The zero-order chi connectivity index (χ0) is 24.1. The summed E-state index contributed by atoms with van der Waals surface area (Å²) in [6.07, 6.45) is 1.68. The van der Waals surface area contributed by atoms with E-state index in [2.05, 4.69) is 10.0 Å². The standard InChI is InChI=1S/C25H26N2O6S/c1-31-22-13-18(14-23(32-2)24(22)33-16-17-7-4-3-5-8-17)25(28)26-20-9-6-10-21(15-20)34(29,30)27-19-11-12-19/h3-10,13-15,19,27H,11-12,16H2,1-2H3,(H,26,28). The van der Waals surface area contributed by atoms with Gasteiger partial charge >= 0.3 is 0 Å². The van der Waals surface area contributed by atoms with E-state index >= 15 is 0 Å². The zero-order valence-electron chi connectivity index (χ0n) is 18.9. The molecule has 3 aromatic rings. The van der Waals surface area contributed by atoms with Crippen LogP contribution < -0.4 is 24.2 Å². The maximum Gasteiger partial charge on any atom is 0.255 e. The fourth-order valence-electron chi connectivity index (χ4n) is 3.32. The predicted octanol–water partition coefficient (Wildman–Crippen LogP) is 3.98. The van der Waals surface area contributed by atoms with Gasteiger partial charge in [0.25, 0.3) is 5.91 Å². The quantitative estimate of drug-likeness (QED) is 0.453. The van der Waals surface area contributed by atoms with Crippen molar-refractivity contribution in [1.29, 1.82) is 0 Å². The van der Waals surface area contributed by atoms with Crippen LogP contribution in [0.15, 0.2) is 71.6 Å². The Balaban J connectivity index is 1.53. The smallest absolute Gasteiger partial charge is 0.255 e. The Bertz CT molecular complexity index is 1250. The Morgan fingerprint density at radius 2 is 1.62 bits per heavy atom. The third-order valence-corrected chi connectivity index (χ3v) is 6.77. The summed E-state index contributed by atoms with van der Waals surface area (Å²) in [6, 6.07) is 18.9. The number of ether oxygens (including phenoxy) is 3. The lowest BCUT2D eigenvalue weighted by atomic mass is 10.1. The Labute approximate surface area is 198 Å². The van der Waals surface area contributed by atoms with Crippen molar-refractivity contribution in [3.8, 4) is 17.2 Å². The van der Waals surface area contributed by atoms with Gasteiger partial charge in [0, 0.05) is 17.3 Å². The van der Waals surface area contributed by atoms with Crippen molar-refractivity contribution < 1.29 is 27.4 Å². The monoisotopic (exact) mass is 482 g/mol. The van der Waals surface area contributed by atoms with Gasteiger partial charge in [0.2, 0.25) is 15.8 Å². The SMILES string of the molecule is COc1cc(C(=O)Nc2cccc(S(=O)(=O)NC3CC3)c2)cc(OC)c1OCc1ccccc1. The third-order valence-electron chi connectivity index (χ3n) is 5.25. The molecule has 0 radical (unpaired) electrons. The number of carbonyl (C=O) groups excluding carboxylic acids is 1. The van der Waals surface area contributed by atoms with E-state index in [0.29, 0.717) is 29.5 Å². The molecule has 0 unspecified atom stereocenters. The molecular formula is C25H26N2O6S. The molecule has 3 aromatic carbocycles. The van der Waals surface area contributed by atoms with Crippen molar-refractivity contribution in [2.45, 2.75) is 30.4 Å². The highest BCUT2D eigenvalue weighted by Crippen LogP contribution is 2.39. The van der Waals surface area contributed by atoms with Crippen LogP contribution in [0.5, 0.6) is 17.2 Å². The fourth-order valence-corrected chi connectivity index (χ4v) is 4.67. The predicted molar refractivity (Wildman–Crippen MR) is 128 cm³/mol. The summed E-state index contributed by atoms with van der Waals surface area (Å²) in [5.74, 6) is 0.608. The maximum absolute atomic E-state index is 13.0. The van der Waals surface area contributed by atoms with Crippen LogP contribution in [-0.4, -0.2) is 34.6 Å². The van der Waals surface area contributed by atoms with E-state index in [-0.39, 0.29) is 16.5 Å². The number of carbonyl (C=O) groups is 1. The number of methoxy groups -OCH3 is 2. The highest BCUT2D eigenvalue weighted by Gasteiger charge is 2.28. The third kappa shape index (κ3) is 5.67. The Morgan fingerprint density at radius 3 is 2.24 bits per heavy atom. The average Bonchev–Trinajstić information content (AvgIpc) is 3.66. The van der Waals surface area contributed by atoms with Gasteiger partial charge in [-0.25, -0.2) is 13.1 Å². The van der Waals surface area contributed by atoms with Crippen molar-refractivity contribution in [3.05, 3.63) is 77.9 Å². The number of anilines is 1. The van der Waals surface area contributed by atoms with Gasteiger partial charge in [0.1, 0.15) is 6.61 Å². The fraction of sp³-hybridized carbons (Fsp3) is 0.240. The van der Waals surface area contributed by atoms with E-state index in [1.54, 1.807) is 24.3 Å². The minimum atomic E-state index is -3.63. The summed E-state index contributed by atoms with van der Waals surface area (Å²) < 4.78 is 44.4.